The van der Waals surface area contributed by atoms with Gasteiger partial charge in [-0.2, -0.15) is 9.78 Å². The van der Waals surface area contributed by atoms with Crippen LogP contribution in [0.2, 0.25) is 5.02 Å². The Labute approximate surface area is 196 Å². The summed E-state index contributed by atoms with van der Waals surface area (Å²) in [5, 5.41) is 31.0. The van der Waals surface area contributed by atoms with E-state index in [1.807, 2.05) is 13.8 Å². The molecule has 2 atom stereocenters. The number of alkyl halides is 1. The summed E-state index contributed by atoms with van der Waals surface area (Å²) < 4.78 is 15.6. The number of halogens is 2. The van der Waals surface area contributed by atoms with Crippen molar-refractivity contribution in [1.82, 2.24) is 25.1 Å². The molecule has 3 aromatic heterocycles. The molecule has 0 spiro atoms. The maximum Gasteiger partial charge on any atom is 0.255 e. The van der Waals surface area contributed by atoms with Crippen LogP contribution in [-0.2, 0) is 0 Å². The van der Waals surface area contributed by atoms with Crippen LogP contribution in [0.1, 0.15) is 38.1 Å². The van der Waals surface area contributed by atoms with Crippen LogP contribution in [0.4, 0.5) is 10.1 Å². The highest BCUT2D eigenvalue weighted by Crippen LogP contribution is 2.23. The number of anilines is 1. The summed E-state index contributed by atoms with van der Waals surface area (Å²) in [4.78, 5) is 21.4. The van der Waals surface area contributed by atoms with Gasteiger partial charge >= 0.3 is 0 Å². The number of hydrogen-bond donors (Lipinski definition) is 4. The first kappa shape index (κ1) is 24.8. The predicted molar refractivity (Wildman–Crippen MR) is 125 cm³/mol. The van der Waals surface area contributed by atoms with Gasteiger partial charge in [0.15, 0.2) is 11.5 Å². The van der Waals surface area contributed by atoms with Crippen molar-refractivity contribution in [1.29, 1.82) is 0 Å². The summed E-state index contributed by atoms with van der Waals surface area (Å²) in [6, 6.07) is 3.33. The first-order valence-electron chi connectivity index (χ1n) is 10.5. The molecule has 4 N–H and O–H groups in total. The molecule has 178 valence electrons. The average Bonchev–Trinajstić information content (AvgIpc) is 3.17. The maximum absolute atomic E-state index is 14.1. The summed E-state index contributed by atoms with van der Waals surface area (Å²) >= 11 is 6.00. The van der Waals surface area contributed by atoms with Crippen molar-refractivity contribution in [3.63, 3.8) is 0 Å². The van der Waals surface area contributed by atoms with Crippen molar-refractivity contribution in [2.45, 2.75) is 45.6 Å². The molecule has 3 aromatic rings. The molecule has 0 aliphatic carbocycles. The number of carbonyl (C=O) groups excluding carboxylic acids is 1. The lowest BCUT2D eigenvalue weighted by molar-refractivity contribution is -0.00177. The van der Waals surface area contributed by atoms with E-state index in [4.69, 9.17) is 11.6 Å². The third kappa shape index (κ3) is 5.95. The zero-order chi connectivity index (χ0) is 24.3. The molecule has 33 heavy (non-hydrogen) atoms. The van der Waals surface area contributed by atoms with Crippen molar-refractivity contribution < 1.29 is 19.4 Å². The highest BCUT2D eigenvalue weighted by molar-refractivity contribution is 6.31. The zero-order valence-corrected chi connectivity index (χ0v) is 19.6. The van der Waals surface area contributed by atoms with Crippen molar-refractivity contribution in [2.24, 2.45) is 5.92 Å². The second-order valence-electron chi connectivity index (χ2n) is 8.73. The van der Waals surface area contributed by atoms with E-state index in [0.29, 0.717) is 22.2 Å². The molecule has 0 saturated carbocycles. The number of amides is 1. The summed E-state index contributed by atoms with van der Waals surface area (Å²) in [5.41, 5.74) is -0.518. The molecule has 0 fully saturated rings. The molecule has 9 nitrogen and oxygen atoms in total. The van der Waals surface area contributed by atoms with Crippen molar-refractivity contribution in [3.8, 4) is 5.82 Å². The number of rotatable bonds is 9. The number of carbonyl (C=O) groups is 1. The molecular formula is C22H28ClFN6O3. The highest BCUT2D eigenvalue weighted by Gasteiger charge is 2.27. The Morgan fingerprint density at radius 1 is 1.21 bits per heavy atom. The van der Waals surface area contributed by atoms with Gasteiger partial charge in [0, 0.05) is 30.4 Å². The first-order valence-corrected chi connectivity index (χ1v) is 10.9. The lowest BCUT2D eigenvalue weighted by atomic mass is 10.0. The highest BCUT2D eigenvalue weighted by atomic mass is 35.5. The second-order valence-corrected chi connectivity index (χ2v) is 9.17. The molecule has 3 rings (SSSR count). The number of aliphatic hydroxyl groups is 2. The largest absolute Gasteiger partial charge is 0.391 e. The average molecular weight is 479 g/mol. The van der Waals surface area contributed by atoms with Crippen LogP contribution in [0.5, 0.6) is 0 Å². The number of fused-ring (bicyclic) bond motifs is 1. The van der Waals surface area contributed by atoms with Crippen molar-refractivity contribution in [2.75, 3.05) is 18.4 Å². The van der Waals surface area contributed by atoms with E-state index in [2.05, 4.69) is 25.7 Å². The van der Waals surface area contributed by atoms with Gasteiger partial charge in [0.1, 0.15) is 6.17 Å². The third-order valence-corrected chi connectivity index (χ3v) is 5.41. The Hall–Kier alpha value is -2.82. The molecule has 1 amide bonds. The smallest absolute Gasteiger partial charge is 0.255 e. The fourth-order valence-electron chi connectivity index (χ4n) is 2.93. The van der Waals surface area contributed by atoms with Crippen LogP contribution < -0.4 is 10.6 Å². The molecule has 0 aromatic carbocycles. The molecule has 3 heterocycles. The zero-order valence-electron chi connectivity index (χ0n) is 18.9. The topological polar surface area (TPSA) is 125 Å². The second kappa shape index (κ2) is 9.98. The molecule has 0 bridgehead atoms. The number of nitrogens with one attached hydrogen (secondary N) is 2. The van der Waals surface area contributed by atoms with Gasteiger partial charge in [-0.05, 0) is 25.8 Å². The van der Waals surface area contributed by atoms with Crippen LogP contribution in [-0.4, -0.2) is 66.8 Å². The third-order valence-electron chi connectivity index (χ3n) is 5.21. The molecule has 2 unspecified atom stereocenters. The van der Waals surface area contributed by atoms with Crippen LogP contribution in [0.3, 0.4) is 0 Å². The van der Waals surface area contributed by atoms with Gasteiger partial charge in [-0.1, -0.05) is 25.4 Å². The SMILES string of the molecule is CC(C)C(O)CNc1cc(-n2ncc3cc(Cl)cnc32)ncc1C(=O)NCC(F)C(C)(C)O. The number of pyridine rings is 2. The molecular weight excluding hydrogens is 451 g/mol. The molecule has 0 radical (unpaired) electrons. The minimum absolute atomic E-state index is 0.000766. The quantitative estimate of drug-likeness (QED) is 0.372. The van der Waals surface area contributed by atoms with Crippen LogP contribution >= 0.6 is 11.6 Å². The van der Waals surface area contributed by atoms with Gasteiger partial charge < -0.3 is 20.8 Å². The van der Waals surface area contributed by atoms with Crippen LogP contribution in [0, 0.1) is 5.92 Å². The molecule has 0 aliphatic rings. The molecule has 0 saturated heterocycles. The number of nitrogens with zero attached hydrogens (tertiary/aromatic N) is 4. The van der Waals surface area contributed by atoms with Crippen molar-refractivity contribution >= 4 is 34.2 Å². The monoisotopic (exact) mass is 478 g/mol. The summed E-state index contributed by atoms with van der Waals surface area (Å²) in [5.74, 6) is -0.186. The summed E-state index contributed by atoms with van der Waals surface area (Å²) in [6.07, 6.45) is 2.14. The maximum atomic E-state index is 14.1. The Bertz CT molecular complexity index is 1130. The normalized spacial score (nSPS) is 13.8. The number of hydrogen-bond acceptors (Lipinski definition) is 7. The molecule has 0 aliphatic heterocycles. The van der Waals surface area contributed by atoms with Crippen molar-refractivity contribution in [3.05, 3.63) is 41.3 Å². The lowest BCUT2D eigenvalue weighted by Crippen LogP contribution is -2.42. The minimum Gasteiger partial charge on any atom is -0.391 e. The van der Waals surface area contributed by atoms with Gasteiger partial charge in [-0.25, -0.2) is 14.4 Å². The van der Waals surface area contributed by atoms with E-state index >= 15 is 0 Å². The van der Waals surface area contributed by atoms with E-state index in [1.54, 1.807) is 18.3 Å². The summed E-state index contributed by atoms with van der Waals surface area (Å²) in [7, 11) is 0. The fraction of sp³-hybridized carbons (Fsp3) is 0.455. The van der Waals surface area contributed by atoms with E-state index in [9.17, 15) is 19.4 Å². The van der Waals surface area contributed by atoms with Crippen LogP contribution in [0.15, 0.2) is 30.7 Å². The standard InChI is InChI=1S/C22H28ClFN6O3/c1-12(2)17(31)10-25-16-6-19(30-20-13(7-29-30)5-14(23)8-27-20)26-9-15(16)21(32)28-11-18(24)22(3,4)33/h5-9,12,17-18,31,33H,10-11H2,1-4H3,(H,25,26)(H,28,32). The van der Waals surface area contributed by atoms with E-state index in [0.717, 1.165) is 5.39 Å². The van der Waals surface area contributed by atoms with Gasteiger partial charge in [0.05, 0.1) is 40.7 Å². The van der Waals surface area contributed by atoms with E-state index in [-0.39, 0.29) is 24.6 Å². The number of aliphatic hydroxyl groups excluding tert-OH is 1. The van der Waals surface area contributed by atoms with Gasteiger partial charge in [0.25, 0.3) is 5.91 Å². The summed E-state index contributed by atoms with van der Waals surface area (Å²) in [6.45, 7) is 6.23. The Balaban J connectivity index is 1.92. The fourth-order valence-corrected chi connectivity index (χ4v) is 3.09. The van der Waals surface area contributed by atoms with E-state index in [1.165, 1.54) is 30.9 Å². The molecule has 11 heteroatoms. The predicted octanol–water partition coefficient (Wildman–Crippen LogP) is 2.74. The number of aromatic nitrogens is 4. The van der Waals surface area contributed by atoms with Gasteiger partial charge in [-0.15, -0.1) is 0 Å². The van der Waals surface area contributed by atoms with Gasteiger partial charge in [0.2, 0.25) is 0 Å². The van der Waals surface area contributed by atoms with Gasteiger partial charge in [-0.3, -0.25) is 4.79 Å². The Kier molecular flexibility index (Phi) is 7.51. The van der Waals surface area contributed by atoms with E-state index < -0.39 is 23.8 Å². The Morgan fingerprint density at radius 3 is 2.61 bits per heavy atom. The minimum atomic E-state index is -1.65. The van der Waals surface area contributed by atoms with Crippen LogP contribution in [0.25, 0.3) is 16.9 Å². The lowest BCUT2D eigenvalue weighted by Gasteiger charge is -2.23. The first-order chi connectivity index (χ1) is 15.5. The Morgan fingerprint density at radius 2 is 1.94 bits per heavy atom.